The van der Waals surface area contributed by atoms with Crippen LogP contribution in [0.15, 0.2) is 53.1 Å². The fraction of sp³-hybridized carbons (Fsp3) is 0.200. The number of hydrogen-bond donors (Lipinski definition) is 0. The van der Waals surface area contributed by atoms with E-state index in [0.717, 1.165) is 28.1 Å². The van der Waals surface area contributed by atoms with E-state index in [9.17, 15) is 4.79 Å². The number of nitrogens with zero attached hydrogens (tertiary/aromatic N) is 1. The van der Waals surface area contributed by atoms with E-state index in [1.54, 1.807) is 12.1 Å². The summed E-state index contributed by atoms with van der Waals surface area (Å²) < 4.78 is 10.5. The number of halogens is 1. The lowest BCUT2D eigenvalue weighted by atomic mass is 10.1. The summed E-state index contributed by atoms with van der Waals surface area (Å²) in [5, 5.41) is 4.29. The van der Waals surface area contributed by atoms with Gasteiger partial charge in [-0.1, -0.05) is 53.2 Å². The molecule has 0 saturated carbocycles. The summed E-state index contributed by atoms with van der Waals surface area (Å²) in [7, 11) is 0. The Kier molecular flexibility index (Phi) is 5.19. The third kappa shape index (κ3) is 4.09. The summed E-state index contributed by atoms with van der Waals surface area (Å²) in [6.45, 7) is 3.69. The Morgan fingerprint density at radius 3 is 2.52 bits per heavy atom. The molecule has 0 radical (unpaired) electrons. The van der Waals surface area contributed by atoms with Gasteiger partial charge in [0, 0.05) is 5.56 Å². The summed E-state index contributed by atoms with van der Waals surface area (Å²) in [6, 6.07) is 15.3. The van der Waals surface area contributed by atoms with Crippen molar-refractivity contribution in [2.24, 2.45) is 0 Å². The van der Waals surface area contributed by atoms with Gasteiger partial charge in [-0.3, -0.25) is 4.79 Å². The zero-order valence-corrected chi connectivity index (χ0v) is 14.8. The van der Waals surface area contributed by atoms with Crippen LogP contribution in [0, 0.1) is 13.8 Å². The molecule has 3 rings (SSSR count). The molecule has 25 heavy (non-hydrogen) atoms. The van der Waals surface area contributed by atoms with E-state index in [1.165, 1.54) is 0 Å². The van der Waals surface area contributed by atoms with Crippen LogP contribution in [0.3, 0.4) is 0 Å². The van der Waals surface area contributed by atoms with E-state index in [1.807, 2.05) is 50.2 Å². The van der Waals surface area contributed by atoms with Crippen molar-refractivity contribution >= 4 is 17.6 Å². The maximum atomic E-state index is 12.1. The van der Waals surface area contributed by atoms with Gasteiger partial charge in [0.25, 0.3) is 0 Å². The van der Waals surface area contributed by atoms with Gasteiger partial charge in [-0.05, 0) is 43.5 Å². The second-order valence-electron chi connectivity index (χ2n) is 5.79. The molecular weight excluding hydrogens is 338 g/mol. The van der Waals surface area contributed by atoms with Gasteiger partial charge in [0.05, 0.1) is 17.1 Å². The van der Waals surface area contributed by atoms with Gasteiger partial charge in [-0.15, -0.1) is 0 Å². The van der Waals surface area contributed by atoms with Crippen molar-refractivity contribution in [1.29, 1.82) is 0 Å². The monoisotopic (exact) mass is 355 g/mol. The van der Waals surface area contributed by atoms with Crippen LogP contribution in [0.4, 0.5) is 0 Å². The van der Waals surface area contributed by atoms with E-state index >= 15 is 0 Å². The molecule has 0 unspecified atom stereocenters. The fourth-order valence-corrected chi connectivity index (χ4v) is 2.87. The van der Waals surface area contributed by atoms with Crippen molar-refractivity contribution in [3.8, 4) is 16.9 Å². The highest BCUT2D eigenvalue weighted by Crippen LogP contribution is 2.30. The number of aromatic nitrogens is 1. The van der Waals surface area contributed by atoms with E-state index in [-0.39, 0.29) is 12.4 Å². The van der Waals surface area contributed by atoms with Crippen molar-refractivity contribution in [3.05, 3.63) is 70.6 Å². The topological polar surface area (TPSA) is 52.3 Å². The Labute approximate surface area is 151 Å². The first-order valence-corrected chi connectivity index (χ1v) is 8.40. The average molecular weight is 356 g/mol. The Morgan fingerprint density at radius 2 is 1.88 bits per heavy atom. The number of ether oxygens (including phenoxy) is 1. The lowest BCUT2D eigenvalue weighted by molar-refractivity contribution is -0.134. The maximum absolute atomic E-state index is 12.1. The molecule has 1 heterocycles. The molecule has 0 aliphatic carbocycles. The molecule has 0 N–H and O–H groups in total. The molecule has 0 saturated heterocycles. The molecule has 5 heteroatoms. The molecule has 0 fully saturated rings. The third-order valence-electron chi connectivity index (χ3n) is 4.02. The maximum Gasteiger partial charge on any atom is 0.311 e. The first kappa shape index (κ1) is 17.2. The van der Waals surface area contributed by atoms with Crippen LogP contribution < -0.4 is 4.74 Å². The summed E-state index contributed by atoms with van der Waals surface area (Å²) in [4.78, 5) is 12.1. The Hall–Kier alpha value is -2.59. The van der Waals surface area contributed by atoms with Crippen LogP contribution in [0.5, 0.6) is 5.75 Å². The Bertz CT molecular complexity index is 868. The SMILES string of the molecule is Cc1noc(C)c1CCC(=O)Oc1ccc(-c2ccccc2)cc1Cl. The standard InChI is InChI=1S/C20H18ClNO3/c1-13-17(14(2)25-22-13)9-11-20(23)24-19-10-8-16(12-18(19)21)15-6-4-3-5-7-15/h3-8,10,12H,9,11H2,1-2H3. The zero-order chi connectivity index (χ0) is 17.8. The summed E-state index contributed by atoms with van der Waals surface area (Å²) in [6.07, 6.45) is 0.763. The minimum absolute atomic E-state index is 0.236. The number of benzene rings is 2. The van der Waals surface area contributed by atoms with Gasteiger partial charge in [-0.25, -0.2) is 0 Å². The third-order valence-corrected chi connectivity index (χ3v) is 4.32. The lowest BCUT2D eigenvalue weighted by Gasteiger charge is -2.08. The molecule has 3 aromatic rings. The minimum Gasteiger partial charge on any atom is -0.425 e. The van der Waals surface area contributed by atoms with Gasteiger partial charge in [0.1, 0.15) is 11.5 Å². The highest BCUT2D eigenvalue weighted by atomic mass is 35.5. The molecule has 0 atom stereocenters. The molecule has 0 aliphatic rings. The van der Waals surface area contributed by atoms with Gasteiger partial charge in [-0.2, -0.15) is 0 Å². The summed E-state index contributed by atoms with van der Waals surface area (Å²) >= 11 is 6.27. The second-order valence-corrected chi connectivity index (χ2v) is 6.20. The predicted octanol–water partition coefficient (Wildman–Crippen LogP) is 5.15. The van der Waals surface area contributed by atoms with Gasteiger partial charge in [0.2, 0.25) is 0 Å². The molecule has 2 aromatic carbocycles. The van der Waals surface area contributed by atoms with Crippen molar-refractivity contribution in [1.82, 2.24) is 5.16 Å². The van der Waals surface area contributed by atoms with E-state index in [4.69, 9.17) is 20.9 Å². The van der Waals surface area contributed by atoms with Crippen molar-refractivity contribution in [2.75, 3.05) is 0 Å². The van der Waals surface area contributed by atoms with E-state index < -0.39 is 0 Å². The predicted molar refractivity (Wildman–Crippen MR) is 96.8 cm³/mol. The van der Waals surface area contributed by atoms with Crippen LogP contribution in [0.2, 0.25) is 5.02 Å². The lowest BCUT2D eigenvalue weighted by Crippen LogP contribution is -2.09. The molecule has 128 valence electrons. The second kappa shape index (κ2) is 7.53. The fourth-order valence-electron chi connectivity index (χ4n) is 2.65. The molecular formula is C20H18ClNO3. The van der Waals surface area contributed by atoms with E-state index in [0.29, 0.717) is 17.2 Å². The number of rotatable bonds is 5. The largest absolute Gasteiger partial charge is 0.425 e. The first-order chi connectivity index (χ1) is 12.0. The van der Waals surface area contributed by atoms with Crippen LogP contribution in [-0.2, 0) is 11.2 Å². The highest BCUT2D eigenvalue weighted by Gasteiger charge is 2.14. The van der Waals surface area contributed by atoms with Gasteiger partial charge >= 0.3 is 5.97 Å². The number of carbonyl (C=O) groups is 1. The zero-order valence-electron chi connectivity index (χ0n) is 14.1. The molecule has 0 spiro atoms. The molecule has 0 bridgehead atoms. The molecule has 0 amide bonds. The average Bonchev–Trinajstić information content (AvgIpc) is 2.94. The number of carbonyl (C=O) groups excluding carboxylic acids is 1. The van der Waals surface area contributed by atoms with Crippen molar-refractivity contribution in [2.45, 2.75) is 26.7 Å². The molecule has 4 nitrogen and oxygen atoms in total. The van der Waals surface area contributed by atoms with Gasteiger partial charge < -0.3 is 9.26 Å². The smallest absolute Gasteiger partial charge is 0.311 e. The number of aryl methyl sites for hydroxylation is 2. The number of esters is 1. The normalized spacial score (nSPS) is 10.7. The Balaban J connectivity index is 1.65. The van der Waals surface area contributed by atoms with Crippen LogP contribution in [0.25, 0.3) is 11.1 Å². The summed E-state index contributed by atoms with van der Waals surface area (Å²) in [5.41, 5.74) is 3.78. The molecule has 1 aromatic heterocycles. The van der Waals surface area contributed by atoms with Gasteiger partial charge in [0.15, 0.2) is 0 Å². The van der Waals surface area contributed by atoms with Crippen LogP contribution >= 0.6 is 11.6 Å². The van der Waals surface area contributed by atoms with Crippen LogP contribution in [0.1, 0.15) is 23.4 Å². The summed E-state index contributed by atoms with van der Waals surface area (Å²) in [5.74, 6) is 0.759. The minimum atomic E-state index is -0.339. The number of hydrogen-bond acceptors (Lipinski definition) is 4. The Morgan fingerprint density at radius 1 is 1.12 bits per heavy atom. The van der Waals surface area contributed by atoms with Crippen LogP contribution in [-0.4, -0.2) is 11.1 Å². The highest BCUT2D eigenvalue weighted by molar-refractivity contribution is 6.32. The molecule has 0 aliphatic heterocycles. The van der Waals surface area contributed by atoms with Crippen molar-refractivity contribution < 1.29 is 14.1 Å². The van der Waals surface area contributed by atoms with E-state index in [2.05, 4.69) is 5.16 Å². The first-order valence-electron chi connectivity index (χ1n) is 8.02. The quantitative estimate of drug-likeness (QED) is 0.469. The van der Waals surface area contributed by atoms with Crippen molar-refractivity contribution in [3.63, 3.8) is 0 Å².